The Bertz CT molecular complexity index is 1110. The zero-order valence-electron chi connectivity index (χ0n) is 14.5. The summed E-state index contributed by atoms with van der Waals surface area (Å²) in [4.78, 5) is 13.0. The molecule has 0 fully saturated rings. The average molecular weight is 387 g/mol. The van der Waals surface area contributed by atoms with E-state index in [1.807, 2.05) is 46.4 Å². The number of thiophene rings is 1. The van der Waals surface area contributed by atoms with Gasteiger partial charge in [0.1, 0.15) is 10.4 Å². The van der Waals surface area contributed by atoms with Gasteiger partial charge in [0.2, 0.25) is 5.78 Å². The first kappa shape index (κ1) is 17.1. The molecule has 0 N–H and O–H groups in total. The summed E-state index contributed by atoms with van der Waals surface area (Å²) in [5, 5.41) is 11.2. The number of hydrogen-bond acceptors (Lipinski definition) is 6. The van der Waals surface area contributed by atoms with E-state index in [1.54, 1.807) is 4.57 Å². The second kappa shape index (κ2) is 7.13. The van der Waals surface area contributed by atoms with Gasteiger partial charge in [0.05, 0.1) is 18.7 Å². The van der Waals surface area contributed by atoms with E-state index in [2.05, 4.69) is 17.1 Å². The van der Waals surface area contributed by atoms with Crippen LogP contribution in [-0.4, -0.2) is 32.0 Å². The summed E-state index contributed by atoms with van der Waals surface area (Å²) in [6.45, 7) is 3.22. The number of fused-ring (bicyclic) bond motifs is 3. The molecule has 4 aromatic rings. The van der Waals surface area contributed by atoms with E-state index in [1.165, 1.54) is 23.1 Å². The van der Waals surface area contributed by atoms with Gasteiger partial charge in [-0.1, -0.05) is 30.8 Å². The van der Waals surface area contributed by atoms with Crippen LogP contribution in [0.25, 0.3) is 16.0 Å². The minimum Gasteiger partial charge on any atom is -0.494 e. The second-order valence-corrected chi connectivity index (χ2v) is 7.53. The summed E-state index contributed by atoms with van der Waals surface area (Å²) in [5.41, 5.74) is 1.85. The van der Waals surface area contributed by atoms with Crippen LogP contribution in [-0.2, 0) is 6.54 Å². The molecule has 4 rings (SSSR count). The van der Waals surface area contributed by atoms with Crippen LogP contribution in [0.5, 0.6) is 5.75 Å². The molecule has 0 amide bonds. The Kier molecular flexibility index (Phi) is 4.69. The molecule has 26 heavy (non-hydrogen) atoms. The molecule has 0 aliphatic heterocycles. The van der Waals surface area contributed by atoms with Gasteiger partial charge in [-0.15, -0.1) is 21.5 Å². The van der Waals surface area contributed by atoms with Crippen molar-refractivity contribution in [3.8, 4) is 5.75 Å². The van der Waals surface area contributed by atoms with Crippen molar-refractivity contribution >= 4 is 39.1 Å². The molecule has 0 aliphatic rings. The quantitative estimate of drug-likeness (QED) is 0.473. The number of nitrogens with zero attached hydrogens (tertiary/aromatic N) is 4. The standard InChI is InChI=1S/C18H18N4O2S2/c1-3-9-24-13-6-4-12(5-7-13)11-21-16(23)15-14(8-10-26-15)22-17(21)19-20-18(22)25-2/h4-8,10H,3,9,11H2,1-2H3. The van der Waals surface area contributed by atoms with Gasteiger partial charge in [-0.05, 0) is 41.8 Å². The normalized spacial score (nSPS) is 11.5. The minimum absolute atomic E-state index is 0.0335. The van der Waals surface area contributed by atoms with Crippen molar-refractivity contribution < 1.29 is 4.74 Å². The van der Waals surface area contributed by atoms with E-state index in [4.69, 9.17) is 4.74 Å². The highest BCUT2D eigenvalue weighted by Gasteiger charge is 2.17. The van der Waals surface area contributed by atoms with Crippen molar-refractivity contribution in [2.24, 2.45) is 0 Å². The first-order valence-electron chi connectivity index (χ1n) is 8.33. The van der Waals surface area contributed by atoms with Gasteiger partial charge < -0.3 is 4.74 Å². The molecule has 0 spiro atoms. The van der Waals surface area contributed by atoms with Crippen LogP contribution in [0.4, 0.5) is 0 Å². The molecule has 0 bridgehead atoms. The highest BCUT2D eigenvalue weighted by molar-refractivity contribution is 7.98. The summed E-state index contributed by atoms with van der Waals surface area (Å²) in [5.74, 6) is 1.41. The van der Waals surface area contributed by atoms with Crippen LogP contribution >= 0.6 is 23.1 Å². The molecule has 0 unspecified atom stereocenters. The van der Waals surface area contributed by atoms with Crippen LogP contribution in [0, 0.1) is 0 Å². The van der Waals surface area contributed by atoms with Gasteiger partial charge in [-0.2, -0.15) is 0 Å². The Morgan fingerprint density at radius 3 is 2.73 bits per heavy atom. The zero-order valence-corrected chi connectivity index (χ0v) is 16.1. The Hall–Kier alpha value is -2.32. The van der Waals surface area contributed by atoms with Gasteiger partial charge in [0.25, 0.3) is 5.56 Å². The average Bonchev–Trinajstić information content (AvgIpc) is 3.30. The largest absolute Gasteiger partial charge is 0.494 e. The monoisotopic (exact) mass is 386 g/mol. The fraction of sp³-hybridized carbons (Fsp3) is 0.278. The lowest BCUT2D eigenvalue weighted by atomic mass is 10.2. The Labute approximate surface area is 158 Å². The SMILES string of the molecule is CCCOc1ccc(Cn2c(=O)c3sccc3n3c(SC)nnc23)cc1. The molecular weight excluding hydrogens is 368 g/mol. The van der Waals surface area contributed by atoms with Gasteiger partial charge in [0.15, 0.2) is 5.16 Å². The smallest absolute Gasteiger partial charge is 0.273 e. The van der Waals surface area contributed by atoms with Gasteiger partial charge in [-0.3, -0.25) is 13.8 Å². The summed E-state index contributed by atoms with van der Waals surface area (Å²) in [6, 6.07) is 9.79. The molecule has 8 heteroatoms. The molecule has 1 aromatic carbocycles. The molecular formula is C18H18N4O2S2. The predicted molar refractivity (Wildman–Crippen MR) is 106 cm³/mol. The molecule has 0 atom stereocenters. The number of hydrogen-bond donors (Lipinski definition) is 0. The highest BCUT2D eigenvalue weighted by atomic mass is 32.2. The maximum absolute atomic E-state index is 13.0. The van der Waals surface area contributed by atoms with Gasteiger partial charge in [-0.25, -0.2) is 0 Å². The number of aromatic nitrogens is 4. The van der Waals surface area contributed by atoms with Gasteiger partial charge >= 0.3 is 0 Å². The van der Waals surface area contributed by atoms with E-state index in [-0.39, 0.29) is 5.56 Å². The topological polar surface area (TPSA) is 61.4 Å². The van der Waals surface area contributed by atoms with Crippen LogP contribution in [0.3, 0.4) is 0 Å². The molecule has 0 saturated carbocycles. The molecule has 3 aromatic heterocycles. The van der Waals surface area contributed by atoms with Crippen LogP contribution in [0.2, 0.25) is 0 Å². The molecule has 0 aliphatic carbocycles. The number of benzene rings is 1. The van der Waals surface area contributed by atoms with Gasteiger partial charge in [0, 0.05) is 0 Å². The van der Waals surface area contributed by atoms with E-state index >= 15 is 0 Å². The number of ether oxygens (including phenoxy) is 1. The fourth-order valence-electron chi connectivity index (χ4n) is 2.87. The van der Waals surface area contributed by atoms with E-state index < -0.39 is 0 Å². The summed E-state index contributed by atoms with van der Waals surface area (Å²) < 4.78 is 9.98. The fourth-order valence-corrected chi connectivity index (χ4v) is 4.18. The number of thioether (sulfide) groups is 1. The highest BCUT2D eigenvalue weighted by Crippen LogP contribution is 2.23. The number of rotatable bonds is 6. The maximum atomic E-state index is 13.0. The van der Waals surface area contributed by atoms with Crippen molar-refractivity contribution in [2.45, 2.75) is 25.0 Å². The van der Waals surface area contributed by atoms with Crippen molar-refractivity contribution in [2.75, 3.05) is 12.9 Å². The zero-order chi connectivity index (χ0) is 18.1. The van der Waals surface area contributed by atoms with Crippen molar-refractivity contribution in [1.29, 1.82) is 0 Å². The second-order valence-electron chi connectivity index (χ2n) is 5.84. The first-order valence-corrected chi connectivity index (χ1v) is 10.4. The lowest BCUT2D eigenvalue weighted by Gasteiger charge is -2.10. The first-order chi connectivity index (χ1) is 12.7. The lowest BCUT2D eigenvalue weighted by Crippen LogP contribution is -2.23. The van der Waals surface area contributed by atoms with Crippen molar-refractivity contribution in [3.05, 3.63) is 51.6 Å². The predicted octanol–water partition coefficient (Wildman–Crippen LogP) is 3.66. The van der Waals surface area contributed by atoms with E-state index in [9.17, 15) is 4.79 Å². The van der Waals surface area contributed by atoms with Crippen molar-refractivity contribution in [3.63, 3.8) is 0 Å². The molecule has 6 nitrogen and oxygen atoms in total. The minimum atomic E-state index is -0.0335. The molecule has 134 valence electrons. The lowest BCUT2D eigenvalue weighted by molar-refractivity contribution is 0.317. The maximum Gasteiger partial charge on any atom is 0.273 e. The summed E-state index contributed by atoms with van der Waals surface area (Å²) >= 11 is 2.96. The summed E-state index contributed by atoms with van der Waals surface area (Å²) in [7, 11) is 0. The van der Waals surface area contributed by atoms with Crippen LogP contribution in [0.1, 0.15) is 18.9 Å². The molecule has 3 heterocycles. The Morgan fingerprint density at radius 2 is 2.00 bits per heavy atom. The molecule has 0 saturated heterocycles. The third-order valence-electron chi connectivity index (χ3n) is 4.10. The van der Waals surface area contributed by atoms with Crippen LogP contribution in [0.15, 0.2) is 45.7 Å². The van der Waals surface area contributed by atoms with Crippen LogP contribution < -0.4 is 10.3 Å². The Morgan fingerprint density at radius 1 is 1.19 bits per heavy atom. The van der Waals surface area contributed by atoms with E-state index in [0.29, 0.717) is 18.9 Å². The van der Waals surface area contributed by atoms with Crippen molar-refractivity contribution in [1.82, 2.24) is 19.2 Å². The third kappa shape index (κ3) is 2.89. The summed E-state index contributed by atoms with van der Waals surface area (Å²) in [6.07, 6.45) is 2.93. The Balaban J connectivity index is 1.79. The molecule has 0 radical (unpaired) electrons. The third-order valence-corrected chi connectivity index (χ3v) is 5.62. The van der Waals surface area contributed by atoms with E-state index in [0.717, 1.165) is 33.1 Å².